The number of rotatable bonds is 8. The Morgan fingerprint density at radius 2 is 1.89 bits per heavy atom. The molecule has 0 unspecified atom stereocenters. The smallest absolute Gasteiger partial charge is 0.176 e. The molecule has 0 bridgehead atoms. The van der Waals surface area contributed by atoms with Gasteiger partial charge in [-0.25, -0.2) is 0 Å². The number of hydrogen-bond acceptors (Lipinski definition) is 5. The normalized spacial score (nSPS) is 10.6. The third-order valence-corrected chi connectivity index (χ3v) is 2.32. The van der Waals surface area contributed by atoms with Crippen molar-refractivity contribution in [2.45, 2.75) is 20.0 Å². The van der Waals surface area contributed by atoms with Gasteiger partial charge in [0.15, 0.2) is 5.78 Å². The maximum absolute atomic E-state index is 11.7. The second kappa shape index (κ2) is 7.76. The van der Waals surface area contributed by atoms with Gasteiger partial charge in [-0.05, 0) is 26.0 Å². The minimum Gasteiger partial charge on any atom is -0.491 e. The highest BCUT2D eigenvalue weighted by atomic mass is 16.5. The standard InChI is InChI=1S/C14H21NO4/c1-10(2)19-13-7-11(14(16)9-15)6-12(8-13)18-5-4-17-3/h6-8,10H,4-5,9,15H2,1-3H3. The second-order valence-corrected chi connectivity index (χ2v) is 4.33. The lowest BCUT2D eigenvalue weighted by molar-refractivity contribution is 0.0999. The molecule has 0 spiro atoms. The van der Waals surface area contributed by atoms with Crippen LogP contribution in [0.1, 0.15) is 24.2 Å². The van der Waals surface area contributed by atoms with Crippen molar-refractivity contribution in [2.75, 3.05) is 26.9 Å². The Hall–Kier alpha value is -1.59. The maximum Gasteiger partial charge on any atom is 0.176 e. The molecule has 0 aromatic heterocycles. The lowest BCUT2D eigenvalue weighted by atomic mass is 10.1. The van der Waals surface area contributed by atoms with E-state index in [1.54, 1.807) is 25.3 Å². The van der Waals surface area contributed by atoms with Crippen LogP contribution in [0.4, 0.5) is 0 Å². The van der Waals surface area contributed by atoms with Crippen LogP contribution < -0.4 is 15.2 Å². The Bertz CT molecular complexity index is 418. The summed E-state index contributed by atoms with van der Waals surface area (Å²) in [6.45, 7) is 4.70. The first kappa shape index (κ1) is 15.5. The summed E-state index contributed by atoms with van der Waals surface area (Å²) in [5.74, 6) is 1.03. The quantitative estimate of drug-likeness (QED) is 0.572. The number of benzene rings is 1. The summed E-state index contributed by atoms with van der Waals surface area (Å²) in [5, 5.41) is 0. The van der Waals surface area contributed by atoms with Gasteiger partial charge >= 0.3 is 0 Å². The Morgan fingerprint density at radius 3 is 2.47 bits per heavy atom. The molecule has 106 valence electrons. The van der Waals surface area contributed by atoms with Gasteiger partial charge in [0.05, 0.1) is 19.3 Å². The summed E-state index contributed by atoms with van der Waals surface area (Å²) >= 11 is 0. The molecular formula is C14H21NO4. The number of hydrogen-bond donors (Lipinski definition) is 1. The SMILES string of the molecule is COCCOc1cc(OC(C)C)cc(C(=O)CN)c1. The molecule has 0 atom stereocenters. The fourth-order valence-corrected chi connectivity index (χ4v) is 1.52. The molecule has 1 rings (SSSR count). The van der Waals surface area contributed by atoms with E-state index >= 15 is 0 Å². The second-order valence-electron chi connectivity index (χ2n) is 4.33. The zero-order chi connectivity index (χ0) is 14.3. The van der Waals surface area contributed by atoms with E-state index in [0.717, 1.165) is 0 Å². The average Bonchev–Trinajstić information content (AvgIpc) is 2.37. The van der Waals surface area contributed by atoms with Gasteiger partial charge in [0.2, 0.25) is 0 Å². The Morgan fingerprint density at radius 1 is 1.21 bits per heavy atom. The molecule has 1 aromatic rings. The van der Waals surface area contributed by atoms with E-state index < -0.39 is 0 Å². The van der Waals surface area contributed by atoms with Crippen molar-refractivity contribution in [2.24, 2.45) is 5.73 Å². The van der Waals surface area contributed by atoms with Crippen LogP contribution in [0.3, 0.4) is 0 Å². The largest absolute Gasteiger partial charge is 0.491 e. The molecular weight excluding hydrogens is 246 g/mol. The lowest BCUT2D eigenvalue weighted by Gasteiger charge is -2.13. The van der Waals surface area contributed by atoms with Crippen LogP contribution in [0.2, 0.25) is 0 Å². The highest BCUT2D eigenvalue weighted by molar-refractivity contribution is 5.98. The minimum atomic E-state index is -0.147. The Balaban J connectivity index is 2.91. The molecule has 0 fully saturated rings. The molecule has 19 heavy (non-hydrogen) atoms. The first-order valence-electron chi connectivity index (χ1n) is 6.23. The van der Waals surface area contributed by atoms with E-state index in [1.807, 2.05) is 13.8 Å². The van der Waals surface area contributed by atoms with Gasteiger partial charge in [-0.3, -0.25) is 4.79 Å². The number of carbonyl (C=O) groups excluding carboxylic acids is 1. The van der Waals surface area contributed by atoms with Crippen molar-refractivity contribution in [3.63, 3.8) is 0 Å². The van der Waals surface area contributed by atoms with Crippen LogP contribution >= 0.6 is 0 Å². The lowest BCUT2D eigenvalue weighted by Crippen LogP contribution is -2.14. The molecule has 0 amide bonds. The Labute approximate surface area is 113 Å². The first-order valence-corrected chi connectivity index (χ1v) is 6.23. The van der Waals surface area contributed by atoms with Crippen molar-refractivity contribution in [1.82, 2.24) is 0 Å². The van der Waals surface area contributed by atoms with Gasteiger partial charge < -0.3 is 19.9 Å². The summed E-state index contributed by atoms with van der Waals surface area (Å²) in [6.07, 6.45) is 0.0232. The molecule has 0 aliphatic heterocycles. The zero-order valence-corrected chi connectivity index (χ0v) is 11.6. The molecule has 1 aromatic carbocycles. The van der Waals surface area contributed by atoms with Gasteiger partial charge in [0.25, 0.3) is 0 Å². The van der Waals surface area contributed by atoms with Crippen LogP contribution in [0.15, 0.2) is 18.2 Å². The van der Waals surface area contributed by atoms with Crippen LogP contribution in [-0.4, -0.2) is 38.8 Å². The van der Waals surface area contributed by atoms with E-state index in [1.165, 1.54) is 0 Å². The van der Waals surface area contributed by atoms with E-state index in [9.17, 15) is 4.79 Å². The first-order chi connectivity index (χ1) is 9.06. The summed E-state index contributed by atoms with van der Waals surface area (Å²) in [4.78, 5) is 11.7. The summed E-state index contributed by atoms with van der Waals surface area (Å²) in [5.41, 5.74) is 5.87. The highest BCUT2D eigenvalue weighted by Crippen LogP contribution is 2.24. The molecule has 0 aliphatic rings. The van der Waals surface area contributed by atoms with Gasteiger partial charge in [0.1, 0.15) is 18.1 Å². The number of Topliss-reactive ketones (excluding diaryl/α,β-unsaturated/α-hetero) is 1. The van der Waals surface area contributed by atoms with Gasteiger partial charge in [0, 0.05) is 18.7 Å². The monoisotopic (exact) mass is 267 g/mol. The van der Waals surface area contributed by atoms with Crippen molar-refractivity contribution in [3.8, 4) is 11.5 Å². The fraction of sp³-hybridized carbons (Fsp3) is 0.500. The number of nitrogens with two attached hydrogens (primary N) is 1. The van der Waals surface area contributed by atoms with Crippen molar-refractivity contribution in [1.29, 1.82) is 0 Å². The molecule has 0 heterocycles. The van der Waals surface area contributed by atoms with Gasteiger partial charge in [-0.1, -0.05) is 0 Å². The summed E-state index contributed by atoms with van der Waals surface area (Å²) in [7, 11) is 1.60. The number of methoxy groups -OCH3 is 1. The number of carbonyl (C=O) groups is 1. The van der Waals surface area contributed by atoms with E-state index in [-0.39, 0.29) is 18.4 Å². The van der Waals surface area contributed by atoms with Gasteiger partial charge in [-0.15, -0.1) is 0 Å². The van der Waals surface area contributed by atoms with E-state index in [0.29, 0.717) is 30.3 Å². The van der Waals surface area contributed by atoms with E-state index in [2.05, 4.69) is 0 Å². The van der Waals surface area contributed by atoms with Crippen LogP contribution in [0.5, 0.6) is 11.5 Å². The average molecular weight is 267 g/mol. The van der Waals surface area contributed by atoms with Crippen LogP contribution in [-0.2, 0) is 4.74 Å². The molecule has 0 aliphatic carbocycles. The summed E-state index contributed by atoms with van der Waals surface area (Å²) < 4.78 is 16.0. The molecule has 0 saturated heterocycles. The predicted octanol–water partition coefficient (Wildman–Crippen LogP) is 1.64. The number of ketones is 1. The molecule has 0 saturated carbocycles. The van der Waals surface area contributed by atoms with Crippen LogP contribution in [0.25, 0.3) is 0 Å². The highest BCUT2D eigenvalue weighted by Gasteiger charge is 2.10. The van der Waals surface area contributed by atoms with Crippen molar-refractivity contribution >= 4 is 5.78 Å². The third-order valence-electron chi connectivity index (χ3n) is 2.32. The van der Waals surface area contributed by atoms with Crippen molar-refractivity contribution < 1.29 is 19.0 Å². The maximum atomic E-state index is 11.7. The summed E-state index contributed by atoms with van der Waals surface area (Å²) in [6, 6.07) is 5.10. The molecule has 2 N–H and O–H groups in total. The Kier molecular flexibility index (Phi) is 6.32. The third kappa shape index (κ3) is 5.28. The van der Waals surface area contributed by atoms with Gasteiger partial charge in [-0.2, -0.15) is 0 Å². The minimum absolute atomic E-state index is 0.0232. The molecule has 5 heteroatoms. The molecule has 5 nitrogen and oxygen atoms in total. The van der Waals surface area contributed by atoms with Crippen LogP contribution in [0, 0.1) is 0 Å². The predicted molar refractivity (Wildman–Crippen MR) is 73.0 cm³/mol. The number of ether oxygens (including phenoxy) is 3. The topological polar surface area (TPSA) is 70.8 Å². The van der Waals surface area contributed by atoms with Crippen molar-refractivity contribution in [3.05, 3.63) is 23.8 Å². The fourth-order valence-electron chi connectivity index (χ4n) is 1.52. The zero-order valence-electron chi connectivity index (χ0n) is 11.6. The van der Waals surface area contributed by atoms with E-state index in [4.69, 9.17) is 19.9 Å². The molecule has 0 radical (unpaired) electrons.